The van der Waals surface area contributed by atoms with E-state index in [4.69, 9.17) is 9.47 Å². The number of carbonyl (C=O) groups is 2. The van der Waals surface area contributed by atoms with Crippen LogP contribution < -0.4 is 4.72 Å². The van der Waals surface area contributed by atoms with E-state index in [0.29, 0.717) is 7.14 Å². The van der Waals surface area contributed by atoms with E-state index in [9.17, 15) is 31.2 Å². The molecule has 198 valence electrons. The Hall–Kier alpha value is 1.46. The van der Waals surface area contributed by atoms with E-state index < -0.39 is 53.1 Å². The first kappa shape index (κ1) is 33.7. The second-order valence-electron chi connectivity index (χ2n) is 6.86. The molecule has 0 aromatic heterocycles. The molecule has 0 fully saturated rings. The van der Waals surface area contributed by atoms with Gasteiger partial charge in [-0.2, -0.15) is 13.2 Å². The largest absolute Gasteiger partial charge is 0.511 e. The van der Waals surface area contributed by atoms with Crippen LogP contribution in [-0.4, -0.2) is 45.6 Å². The number of hydrogen-bond donors (Lipinski definition) is 1. The van der Waals surface area contributed by atoms with E-state index in [0.717, 1.165) is 14.3 Å². The van der Waals surface area contributed by atoms with E-state index >= 15 is 0 Å². The Bertz CT molecular complexity index is 1200. The molecule has 2 aromatic carbocycles. The summed E-state index contributed by atoms with van der Waals surface area (Å²) >= 11 is 12.1. The highest BCUT2D eigenvalue weighted by atomic mass is 127. The monoisotopic (exact) mass is 1200 g/mol. The fourth-order valence-corrected chi connectivity index (χ4v) is 7.80. The van der Waals surface area contributed by atoms with Gasteiger partial charge in [0.05, 0.1) is 24.3 Å². The molecule has 1 N–H and O–H groups in total. The molecule has 0 spiro atoms. The molecule has 0 aliphatic heterocycles. The first-order valence-corrected chi connectivity index (χ1v) is 17.2. The predicted octanol–water partition coefficient (Wildman–Crippen LogP) is 6.38. The van der Waals surface area contributed by atoms with Crippen LogP contribution in [0.25, 0.3) is 0 Å². The van der Waals surface area contributed by atoms with Gasteiger partial charge < -0.3 is 9.47 Å². The molecule has 17 heteroatoms. The topological polar surface area (TPSA) is 98.8 Å². The normalized spacial score (nSPS) is 12.1. The van der Waals surface area contributed by atoms with Crippen molar-refractivity contribution in [3.05, 3.63) is 56.8 Å². The van der Waals surface area contributed by atoms with Crippen LogP contribution in [-0.2, 0) is 19.5 Å². The molecule has 0 atom stereocenters. The minimum absolute atomic E-state index is 0.251. The Labute approximate surface area is 286 Å². The van der Waals surface area contributed by atoms with Gasteiger partial charge in [-0.25, -0.2) is 22.7 Å². The van der Waals surface area contributed by atoms with Crippen LogP contribution in [0.2, 0.25) is 0 Å². The van der Waals surface area contributed by atoms with Crippen LogP contribution in [0.4, 0.5) is 13.2 Å². The van der Waals surface area contributed by atoms with Crippen molar-refractivity contribution >= 4 is 158 Å². The van der Waals surface area contributed by atoms with E-state index in [1.54, 1.807) is 12.1 Å². The standard InChI is InChI=1S/C19H12F3I6NO6S/c20-19(21,22)36(32,33)29-5-8(6-34-17(30)11-1-9(23)3-13(25)15(11)27)7-35-18(31)12-2-10(24)4-14(26)16(12)28/h1-4,8,29H,5-7H2. The maximum atomic E-state index is 12.8. The number of alkyl halides is 3. The number of esters is 2. The molecule has 0 saturated carbocycles. The van der Waals surface area contributed by atoms with Crippen molar-refractivity contribution in [1.82, 2.24) is 4.72 Å². The summed E-state index contributed by atoms with van der Waals surface area (Å²) in [5, 5.41) is 0. The molecular formula is C19H12F3I6NO6S. The SMILES string of the molecule is O=C(OCC(CNS(=O)(=O)C(F)(F)F)COC(=O)c1cc(I)cc(I)c1I)c1cc(I)cc(I)c1I. The predicted molar refractivity (Wildman–Crippen MR) is 176 cm³/mol. The van der Waals surface area contributed by atoms with E-state index in [1.807, 2.05) is 102 Å². The quantitative estimate of drug-likeness (QED) is 0.178. The Balaban J connectivity index is 2.19. The molecule has 0 saturated heterocycles. The lowest BCUT2D eigenvalue weighted by molar-refractivity contribution is -0.0451. The average molecular weight is 1200 g/mol. The first-order chi connectivity index (χ1) is 16.5. The molecule has 0 bridgehead atoms. The number of sulfonamides is 1. The van der Waals surface area contributed by atoms with Crippen molar-refractivity contribution in [2.45, 2.75) is 5.51 Å². The molecule has 2 rings (SSSR count). The summed E-state index contributed by atoms with van der Waals surface area (Å²) in [4.78, 5) is 25.3. The highest BCUT2D eigenvalue weighted by molar-refractivity contribution is 14.1. The fourth-order valence-electron chi connectivity index (χ4n) is 2.43. The summed E-state index contributed by atoms with van der Waals surface area (Å²) in [5.74, 6) is -2.57. The molecule has 2 aromatic rings. The zero-order valence-corrected chi connectivity index (χ0v) is 31.0. The second-order valence-corrected chi connectivity index (χ2v) is 15.6. The van der Waals surface area contributed by atoms with Gasteiger partial charge >= 0.3 is 27.5 Å². The minimum Gasteiger partial charge on any atom is -0.462 e. The summed E-state index contributed by atoms with van der Waals surface area (Å²) < 4.78 is 77.6. The Kier molecular flexibility index (Phi) is 13.4. The van der Waals surface area contributed by atoms with Crippen molar-refractivity contribution < 1.29 is 40.7 Å². The third-order valence-electron chi connectivity index (χ3n) is 4.19. The first-order valence-electron chi connectivity index (χ1n) is 9.22. The summed E-state index contributed by atoms with van der Waals surface area (Å²) in [7, 11) is -5.65. The van der Waals surface area contributed by atoms with E-state index in [1.165, 1.54) is 4.72 Å². The van der Waals surface area contributed by atoms with Crippen LogP contribution in [0.3, 0.4) is 0 Å². The maximum Gasteiger partial charge on any atom is 0.511 e. The molecule has 36 heavy (non-hydrogen) atoms. The highest BCUT2D eigenvalue weighted by Crippen LogP contribution is 2.26. The maximum absolute atomic E-state index is 12.8. The molecular weight excluding hydrogens is 1190 g/mol. The van der Waals surface area contributed by atoms with Crippen LogP contribution in [0.15, 0.2) is 24.3 Å². The molecule has 0 radical (unpaired) electrons. The average Bonchev–Trinajstić information content (AvgIpc) is 2.76. The Morgan fingerprint density at radius 2 is 1.19 bits per heavy atom. The van der Waals surface area contributed by atoms with Gasteiger partial charge in [0, 0.05) is 33.9 Å². The van der Waals surface area contributed by atoms with Gasteiger partial charge in [0.2, 0.25) is 0 Å². The van der Waals surface area contributed by atoms with Crippen molar-refractivity contribution in [2.75, 3.05) is 19.8 Å². The van der Waals surface area contributed by atoms with Crippen molar-refractivity contribution in [3.63, 3.8) is 0 Å². The summed E-state index contributed by atoms with van der Waals surface area (Å²) in [6.45, 7) is -1.76. The van der Waals surface area contributed by atoms with Crippen molar-refractivity contribution in [3.8, 4) is 0 Å². The molecule has 0 unspecified atom stereocenters. The van der Waals surface area contributed by atoms with Crippen LogP contribution in [0, 0.1) is 27.3 Å². The van der Waals surface area contributed by atoms with E-state index in [-0.39, 0.29) is 11.1 Å². The number of ether oxygens (including phenoxy) is 2. The zero-order valence-electron chi connectivity index (χ0n) is 17.3. The highest BCUT2D eigenvalue weighted by Gasteiger charge is 2.45. The molecule has 0 aliphatic rings. The van der Waals surface area contributed by atoms with Gasteiger partial charge in [-0.1, -0.05) is 0 Å². The lowest BCUT2D eigenvalue weighted by Crippen LogP contribution is -2.41. The number of hydrogen-bond acceptors (Lipinski definition) is 6. The van der Waals surface area contributed by atoms with Crippen LogP contribution in [0.1, 0.15) is 20.7 Å². The number of benzene rings is 2. The summed E-state index contributed by atoms with van der Waals surface area (Å²) in [6, 6.07) is 6.88. The van der Waals surface area contributed by atoms with Crippen LogP contribution in [0.5, 0.6) is 0 Å². The van der Waals surface area contributed by atoms with Crippen molar-refractivity contribution in [1.29, 1.82) is 0 Å². The fraction of sp³-hybridized carbons (Fsp3) is 0.263. The van der Waals surface area contributed by atoms with Gasteiger partial charge in [-0.05, 0) is 160 Å². The third kappa shape index (κ3) is 9.53. The summed E-state index contributed by atoms with van der Waals surface area (Å²) in [6.07, 6.45) is 0. The minimum atomic E-state index is -5.65. The van der Waals surface area contributed by atoms with Gasteiger partial charge in [-0.15, -0.1) is 0 Å². The third-order valence-corrected chi connectivity index (χ3v) is 12.7. The Morgan fingerprint density at radius 1 is 0.806 bits per heavy atom. The summed E-state index contributed by atoms with van der Waals surface area (Å²) in [5.41, 5.74) is -5.02. The lowest BCUT2D eigenvalue weighted by Gasteiger charge is -2.19. The number of halogens is 9. The van der Waals surface area contributed by atoms with Gasteiger partial charge in [0.15, 0.2) is 0 Å². The zero-order chi connectivity index (χ0) is 27.4. The van der Waals surface area contributed by atoms with Crippen LogP contribution >= 0.6 is 136 Å². The number of carbonyl (C=O) groups excluding carboxylic acids is 2. The number of nitrogens with one attached hydrogen (secondary N) is 1. The molecule has 0 heterocycles. The lowest BCUT2D eigenvalue weighted by atomic mass is 10.1. The van der Waals surface area contributed by atoms with Gasteiger partial charge in [-0.3, -0.25) is 0 Å². The smallest absolute Gasteiger partial charge is 0.462 e. The van der Waals surface area contributed by atoms with E-state index in [2.05, 4.69) is 45.2 Å². The molecule has 7 nitrogen and oxygen atoms in total. The van der Waals surface area contributed by atoms with Crippen molar-refractivity contribution in [2.24, 2.45) is 5.92 Å². The van der Waals surface area contributed by atoms with Gasteiger partial charge in [0.1, 0.15) is 0 Å². The molecule has 0 amide bonds. The van der Waals surface area contributed by atoms with Gasteiger partial charge in [0.25, 0.3) is 0 Å². The molecule has 0 aliphatic carbocycles. The Morgan fingerprint density at radius 3 is 1.56 bits per heavy atom. The number of rotatable bonds is 9. The second kappa shape index (κ2) is 14.4.